The highest BCUT2D eigenvalue weighted by molar-refractivity contribution is 5.81. The molecule has 16 heavy (non-hydrogen) atoms. The van der Waals surface area contributed by atoms with Gasteiger partial charge in [-0.3, -0.25) is 15.1 Å². The van der Waals surface area contributed by atoms with Crippen molar-refractivity contribution >= 4 is 5.91 Å². The van der Waals surface area contributed by atoms with Crippen molar-refractivity contribution in [1.82, 2.24) is 10.3 Å². The molecule has 0 heterocycles. The van der Waals surface area contributed by atoms with Crippen LogP contribution < -0.4 is 11.3 Å². The fourth-order valence-electron chi connectivity index (χ4n) is 1.79. The third-order valence-corrected chi connectivity index (χ3v) is 2.62. The Morgan fingerprint density at radius 1 is 1.50 bits per heavy atom. The number of hydrogen-bond donors (Lipinski definition) is 2. The van der Waals surface area contributed by atoms with Gasteiger partial charge >= 0.3 is 0 Å². The number of hydrogen-bond acceptors (Lipinski definition) is 4. The minimum absolute atomic E-state index is 0.119. The minimum atomic E-state index is -0.162. The Kier molecular flexibility index (Phi) is 8.15. The van der Waals surface area contributed by atoms with Crippen LogP contribution in [-0.4, -0.2) is 43.2 Å². The summed E-state index contributed by atoms with van der Waals surface area (Å²) in [6.07, 6.45) is 1.76. The number of carbonyl (C=O) groups is 1. The van der Waals surface area contributed by atoms with Crippen LogP contribution in [0.15, 0.2) is 0 Å². The summed E-state index contributed by atoms with van der Waals surface area (Å²) in [5.41, 5.74) is 2.24. The van der Waals surface area contributed by atoms with Crippen LogP contribution in [0.5, 0.6) is 0 Å². The van der Waals surface area contributed by atoms with Crippen molar-refractivity contribution in [3.63, 3.8) is 0 Å². The van der Waals surface area contributed by atoms with E-state index in [4.69, 9.17) is 10.6 Å². The first kappa shape index (κ1) is 15.3. The number of nitrogens with zero attached hydrogens (tertiary/aromatic N) is 1. The van der Waals surface area contributed by atoms with Crippen LogP contribution in [0.4, 0.5) is 0 Å². The molecule has 0 aromatic carbocycles. The van der Waals surface area contributed by atoms with Gasteiger partial charge < -0.3 is 4.74 Å². The van der Waals surface area contributed by atoms with Crippen molar-refractivity contribution in [2.24, 2.45) is 5.84 Å². The van der Waals surface area contributed by atoms with Crippen molar-refractivity contribution in [1.29, 1.82) is 0 Å². The normalized spacial score (nSPS) is 13.2. The molecule has 1 unspecified atom stereocenters. The number of amides is 1. The van der Waals surface area contributed by atoms with Gasteiger partial charge in [0.05, 0.1) is 12.6 Å². The maximum atomic E-state index is 11.7. The van der Waals surface area contributed by atoms with Crippen molar-refractivity contribution in [3.8, 4) is 0 Å². The molecule has 0 saturated carbocycles. The summed E-state index contributed by atoms with van der Waals surface area (Å²) in [7, 11) is 1.66. The number of rotatable bonds is 8. The Balaban J connectivity index is 4.58. The predicted octanol–water partition coefficient (Wildman–Crippen LogP) is 0.502. The Hall–Kier alpha value is -0.650. The highest BCUT2D eigenvalue weighted by Gasteiger charge is 2.26. The lowest BCUT2D eigenvalue weighted by Gasteiger charge is -2.33. The fourth-order valence-corrected chi connectivity index (χ4v) is 1.79. The lowest BCUT2D eigenvalue weighted by molar-refractivity contribution is -0.127. The van der Waals surface area contributed by atoms with E-state index in [0.29, 0.717) is 12.6 Å². The molecule has 0 bridgehead atoms. The molecule has 0 aromatic heterocycles. The van der Waals surface area contributed by atoms with Crippen LogP contribution >= 0.6 is 0 Å². The largest absolute Gasteiger partial charge is 0.383 e. The zero-order chi connectivity index (χ0) is 12.6. The lowest BCUT2D eigenvalue weighted by atomic mass is 10.1. The molecule has 0 aliphatic rings. The zero-order valence-corrected chi connectivity index (χ0v) is 10.8. The molecule has 0 saturated heterocycles. The van der Waals surface area contributed by atoms with Crippen molar-refractivity contribution in [3.05, 3.63) is 0 Å². The van der Waals surface area contributed by atoms with Gasteiger partial charge in [-0.15, -0.1) is 0 Å². The quantitative estimate of drug-likeness (QED) is 0.363. The summed E-state index contributed by atoms with van der Waals surface area (Å²) in [5, 5.41) is 0. The lowest BCUT2D eigenvalue weighted by Crippen LogP contribution is -2.52. The second-order valence-corrected chi connectivity index (χ2v) is 4.14. The Bertz CT molecular complexity index is 198. The molecule has 0 radical (unpaired) electrons. The summed E-state index contributed by atoms with van der Waals surface area (Å²) < 4.78 is 5.06. The number of nitrogens with two attached hydrogens (primary N) is 1. The monoisotopic (exact) mass is 231 g/mol. The summed E-state index contributed by atoms with van der Waals surface area (Å²) in [6.45, 7) is 7.57. The second-order valence-electron chi connectivity index (χ2n) is 4.14. The van der Waals surface area contributed by atoms with Gasteiger partial charge in [0.2, 0.25) is 0 Å². The van der Waals surface area contributed by atoms with E-state index in [9.17, 15) is 4.79 Å². The zero-order valence-electron chi connectivity index (χ0n) is 10.8. The number of nitrogens with one attached hydrogen (secondary N) is 1. The fraction of sp³-hybridized carbons (Fsp3) is 0.909. The Morgan fingerprint density at radius 3 is 2.50 bits per heavy atom. The molecular weight excluding hydrogens is 206 g/mol. The Morgan fingerprint density at radius 2 is 2.12 bits per heavy atom. The molecule has 3 N–H and O–H groups in total. The van der Waals surface area contributed by atoms with Crippen molar-refractivity contribution < 1.29 is 9.53 Å². The molecule has 0 aliphatic heterocycles. The van der Waals surface area contributed by atoms with Crippen LogP contribution in [0.1, 0.15) is 33.6 Å². The molecule has 1 amide bonds. The summed E-state index contributed by atoms with van der Waals surface area (Å²) >= 11 is 0. The summed E-state index contributed by atoms with van der Waals surface area (Å²) in [6, 6.07) is 0.133. The van der Waals surface area contributed by atoms with E-state index >= 15 is 0 Å². The maximum Gasteiger partial charge on any atom is 0.251 e. The van der Waals surface area contributed by atoms with E-state index < -0.39 is 0 Å². The van der Waals surface area contributed by atoms with Gasteiger partial charge in [0.1, 0.15) is 0 Å². The molecule has 0 fully saturated rings. The average Bonchev–Trinajstić information content (AvgIpc) is 2.26. The van der Waals surface area contributed by atoms with E-state index in [1.807, 2.05) is 0 Å². The molecular formula is C11H25N3O2. The number of carbonyl (C=O) groups excluding carboxylic acids is 1. The molecule has 5 nitrogen and oxygen atoms in total. The molecule has 5 heteroatoms. The van der Waals surface area contributed by atoms with Gasteiger partial charge in [-0.1, -0.05) is 13.3 Å². The predicted molar refractivity (Wildman–Crippen MR) is 64.7 cm³/mol. The van der Waals surface area contributed by atoms with Crippen LogP contribution in [0, 0.1) is 0 Å². The molecule has 1 atom stereocenters. The van der Waals surface area contributed by atoms with E-state index in [1.165, 1.54) is 0 Å². The van der Waals surface area contributed by atoms with E-state index in [2.05, 4.69) is 31.1 Å². The van der Waals surface area contributed by atoms with Gasteiger partial charge in [-0.2, -0.15) is 0 Å². The SMILES string of the molecule is CCCC(C(=O)NN)N(CCOC)C(C)C. The van der Waals surface area contributed by atoms with Gasteiger partial charge in [-0.05, 0) is 20.3 Å². The molecule has 0 aliphatic carbocycles. The van der Waals surface area contributed by atoms with E-state index in [-0.39, 0.29) is 11.9 Å². The molecule has 96 valence electrons. The van der Waals surface area contributed by atoms with E-state index in [0.717, 1.165) is 19.4 Å². The first-order valence-corrected chi connectivity index (χ1v) is 5.83. The highest BCUT2D eigenvalue weighted by Crippen LogP contribution is 2.11. The molecule has 0 spiro atoms. The average molecular weight is 231 g/mol. The Labute approximate surface area is 98.3 Å². The van der Waals surface area contributed by atoms with Gasteiger partial charge in [-0.25, -0.2) is 5.84 Å². The van der Waals surface area contributed by atoms with Crippen LogP contribution in [0.3, 0.4) is 0 Å². The van der Waals surface area contributed by atoms with Gasteiger partial charge in [0, 0.05) is 19.7 Å². The van der Waals surface area contributed by atoms with Gasteiger partial charge in [0.15, 0.2) is 0 Å². The number of methoxy groups -OCH3 is 1. The summed E-state index contributed by atoms with van der Waals surface area (Å²) in [4.78, 5) is 13.8. The molecule has 0 aromatic rings. The van der Waals surface area contributed by atoms with Crippen LogP contribution in [0.2, 0.25) is 0 Å². The highest BCUT2D eigenvalue weighted by atomic mass is 16.5. The second kappa shape index (κ2) is 8.50. The standard InChI is InChI=1S/C11H25N3O2/c1-5-6-10(11(15)13-12)14(9(2)3)7-8-16-4/h9-10H,5-8,12H2,1-4H3,(H,13,15). The third-order valence-electron chi connectivity index (χ3n) is 2.62. The first-order valence-electron chi connectivity index (χ1n) is 5.83. The van der Waals surface area contributed by atoms with Crippen molar-refractivity contribution in [2.75, 3.05) is 20.3 Å². The van der Waals surface area contributed by atoms with Crippen LogP contribution in [0.25, 0.3) is 0 Å². The third kappa shape index (κ3) is 4.92. The minimum Gasteiger partial charge on any atom is -0.383 e. The topological polar surface area (TPSA) is 67.6 Å². The smallest absolute Gasteiger partial charge is 0.251 e. The van der Waals surface area contributed by atoms with Gasteiger partial charge in [0.25, 0.3) is 5.91 Å². The molecule has 0 rings (SSSR count). The van der Waals surface area contributed by atoms with Crippen LogP contribution in [-0.2, 0) is 9.53 Å². The number of hydrazine groups is 1. The maximum absolute atomic E-state index is 11.7. The summed E-state index contributed by atoms with van der Waals surface area (Å²) in [5.74, 6) is 5.09. The van der Waals surface area contributed by atoms with E-state index in [1.54, 1.807) is 7.11 Å². The number of ether oxygens (including phenoxy) is 1. The van der Waals surface area contributed by atoms with Crippen molar-refractivity contribution in [2.45, 2.75) is 45.7 Å². The first-order chi connectivity index (χ1) is 7.58.